The van der Waals surface area contributed by atoms with E-state index in [0.717, 1.165) is 16.7 Å². The van der Waals surface area contributed by atoms with Gasteiger partial charge in [-0.2, -0.15) is 0 Å². The van der Waals surface area contributed by atoms with Crippen LogP contribution in [0.3, 0.4) is 0 Å². The largest absolute Gasteiger partial charge is 0.493 e. The molecule has 5 aliphatic heterocycles. The fourth-order valence-electron chi connectivity index (χ4n) is 6.72. The predicted molar refractivity (Wildman–Crippen MR) is 193 cm³/mol. The van der Waals surface area contributed by atoms with Gasteiger partial charge in [0.15, 0.2) is 34.5 Å². The van der Waals surface area contributed by atoms with Gasteiger partial charge in [0.2, 0.25) is 6.79 Å². The summed E-state index contributed by atoms with van der Waals surface area (Å²) in [5.74, 6) is 8.67. The van der Waals surface area contributed by atoms with Crippen LogP contribution in [0.4, 0.5) is 11.4 Å². The number of rotatable bonds is 9. The molecule has 5 aliphatic rings. The van der Waals surface area contributed by atoms with E-state index in [-0.39, 0.29) is 37.2 Å². The minimum absolute atomic E-state index is 0.175. The maximum Gasteiger partial charge on any atom is 0.260 e. The van der Waals surface area contributed by atoms with Crippen LogP contribution in [0.25, 0.3) is 5.57 Å². The van der Waals surface area contributed by atoms with Crippen molar-refractivity contribution in [3.8, 4) is 46.3 Å². The highest BCUT2D eigenvalue weighted by Crippen LogP contribution is 2.42. The summed E-state index contributed by atoms with van der Waals surface area (Å²) in [6.45, 7) is 1.05. The minimum Gasteiger partial charge on any atom is -0.493 e. The highest BCUT2D eigenvalue weighted by atomic mass is 16.7. The lowest BCUT2D eigenvalue weighted by atomic mass is 10.0. The van der Waals surface area contributed by atoms with Gasteiger partial charge < -0.3 is 44.0 Å². The van der Waals surface area contributed by atoms with Crippen molar-refractivity contribution >= 4 is 41.2 Å². The van der Waals surface area contributed by atoms with Crippen LogP contribution >= 0.6 is 0 Å². The Bertz CT molecular complexity index is 2160. The first-order valence-electron chi connectivity index (χ1n) is 16.9. The highest BCUT2D eigenvalue weighted by Gasteiger charge is 2.35. The van der Waals surface area contributed by atoms with Crippen LogP contribution in [0, 0.1) is 11.8 Å². The zero-order valence-electron chi connectivity index (χ0n) is 28.6. The van der Waals surface area contributed by atoms with Gasteiger partial charge in [-0.05, 0) is 35.4 Å². The van der Waals surface area contributed by atoms with Crippen molar-refractivity contribution < 1.29 is 38.0 Å². The zero-order chi connectivity index (χ0) is 35.8. The van der Waals surface area contributed by atoms with Gasteiger partial charge >= 0.3 is 0 Å². The summed E-state index contributed by atoms with van der Waals surface area (Å²) in [7, 11) is 3.06. The fourth-order valence-corrected chi connectivity index (χ4v) is 6.72. The minimum atomic E-state index is -0.232. The summed E-state index contributed by atoms with van der Waals surface area (Å²) in [6, 6.07) is 12.1. The number of fused-ring (bicyclic) bond motifs is 5. The molecule has 0 saturated carbocycles. The van der Waals surface area contributed by atoms with Crippen LogP contribution in [0.1, 0.15) is 45.5 Å². The van der Waals surface area contributed by atoms with Gasteiger partial charge in [0.25, 0.3) is 11.8 Å². The molecule has 264 valence electrons. The first-order chi connectivity index (χ1) is 25.4. The third kappa shape index (κ3) is 6.07. The van der Waals surface area contributed by atoms with E-state index in [1.165, 1.54) is 14.2 Å². The number of methoxy groups -OCH3 is 2. The van der Waals surface area contributed by atoms with Crippen molar-refractivity contribution in [2.75, 3.05) is 40.8 Å². The molecule has 0 spiro atoms. The van der Waals surface area contributed by atoms with Crippen LogP contribution in [0.15, 0.2) is 70.4 Å². The van der Waals surface area contributed by atoms with Crippen LogP contribution in [0.2, 0.25) is 0 Å². The molecule has 8 rings (SSSR count). The molecule has 3 aromatic carbocycles. The van der Waals surface area contributed by atoms with Gasteiger partial charge in [-0.15, -0.1) is 0 Å². The maximum atomic E-state index is 13.8. The lowest BCUT2D eigenvalue weighted by Gasteiger charge is -2.19. The Hall–Kier alpha value is -6.26. The second-order valence-electron chi connectivity index (χ2n) is 12.5. The molecule has 0 unspecified atom stereocenters. The summed E-state index contributed by atoms with van der Waals surface area (Å²) in [4.78, 5) is 39.9. The van der Waals surface area contributed by atoms with Crippen LogP contribution in [-0.2, 0) is 0 Å². The standard InChI is InChI=1S/C39H35N5O8/c1-47-33-14-28-30(41-18-26-11-23(5-3-8-40)20-43(26)38(28)45)16-36(33)49-9-4-10-50-37-17-31-29(15-34(37)48-2)39(46)44-21-25(12-27(44)19-42-31)24-6-7-32-35(13-24)52-22-51-32/h6-7,13-21,26-27H,4,8-12,22,40H2,1-2H3/t26-,27-/m0/s1. The second-order valence-corrected chi connectivity index (χ2v) is 12.5. The van der Waals surface area contributed by atoms with Gasteiger partial charge in [0.05, 0.1) is 68.6 Å². The third-order valence-corrected chi connectivity index (χ3v) is 9.33. The van der Waals surface area contributed by atoms with Gasteiger partial charge in [-0.25, -0.2) is 0 Å². The molecule has 52 heavy (non-hydrogen) atoms. The van der Waals surface area contributed by atoms with Gasteiger partial charge in [-0.1, -0.05) is 17.9 Å². The molecule has 2 N–H and O–H groups in total. The number of benzene rings is 3. The quantitative estimate of drug-likeness (QED) is 0.240. The van der Waals surface area contributed by atoms with Gasteiger partial charge in [0.1, 0.15) is 0 Å². The molecule has 13 heteroatoms. The average Bonchev–Trinajstić information content (AvgIpc) is 3.89. The normalized spacial score (nSPS) is 19.0. The number of aliphatic imine (C=N–C) groups is 2. The Morgan fingerprint density at radius 2 is 1.40 bits per heavy atom. The van der Waals surface area contributed by atoms with Crippen molar-refractivity contribution in [1.82, 2.24) is 9.80 Å². The Kier molecular flexibility index (Phi) is 8.74. The first kappa shape index (κ1) is 32.9. The number of carbonyl (C=O) groups is 2. The number of nitrogens with zero attached hydrogens (tertiary/aromatic N) is 4. The molecule has 3 aromatic rings. The van der Waals surface area contributed by atoms with E-state index in [2.05, 4.69) is 16.8 Å². The molecular formula is C39H35N5O8. The summed E-state index contributed by atoms with van der Waals surface area (Å²) >= 11 is 0. The van der Waals surface area contributed by atoms with Crippen molar-refractivity contribution in [2.24, 2.45) is 15.7 Å². The van der Waals surface area contributed by atoms with Crippen molar-refractivity contribution in [1.29, 1.82) is 0 Å². The van der Waals surface area contributed by atoms with Crippen molar-refractivity contribution in [2.45, 2.75) is 31.3 Å². The van der Waals surface area contributed by atoms with E-state index in [9.17, 15) is 9.59 Å². The first-order valence-corrected chi connectivity index (χ1v) is 16.9. The monoisotopic (exact) mass is 701 g/mol. The topological polar surface area (TPSA) is 147 Å². The number of amides is 2. The SMILES string of the molecule is COc1cc2c(cc1OCCCOc1cc3c(cc1OC)C(=O)N1C=C(c4ccc5c(c4)OCO5)C[C@H]1C=N3)N=C[C@@H]1CC(C#CCN)=CN1C2=O. The molecule has 0 aromatic heterocycles. The van der Waals surface area contributed by atoms with Gasteiger partial charge in [0, 0.05) is 61.8 Å². The molecule has 0 aliphatic carbocycles. The van der Waals surface area contributed by atoms with E-state index in [0.29, 0.717) is 89.5 Å². The molecule has 0 radical (unpaired) electrons. The lowest BCUT2D eigenvalue weighted by Crippen LogP contribution is -2.32. The van der Waals surface area contributed by atoms with E-state index in [1.54, 1.807) is 52.7 Å². The number of ether oxygens (including phenoxy) is 6. The van der Waals surface area contributed by atoms with Crippen molar-refractivity contribution in [3.63, 3.8) is 0 Å². The average molecular weight is 702 g/mol. The molecule has 2 atom stereocenters. The number of hydrogen-bond acceptors (Lipinski definition) is 11. The lowest BCUT2D eigenvalue weighted by molar-refractivity contribution is 0.0809. The fraction of sp³-hybridized carbons (Fsp3) is 0.282. The van der Waals surface area contributed by atoms with E-state index in [4.69, 9.17) is 39.1 Å². The molecular weight excluding hydrogens is 666 g/mol. The van der Waals surface area contributed by atoms with E-state index in [1.807, 2.05) is 24.4 Å². The Labute approximate surface area is 299 Å². The Balaban J connectivity index is 0.914. The predicted octanol–water partition coefficient (Wildman–Crippen LogP) is 5.03. The summed E-state index contributed by atoms with van der Waals surface area (Å²) in [5, 5.41) is 0. The molecule has 5 heterocycles. The molecule has 0 fully saturated rings. The van der Waals surface area contributed by atoms with E-state index >= 15 is 0 Å². The van der Waals surface area contributed by atoms with Crippen LogP contribution in [0.5, 0.6) is 34.5 Å². The number of carbonyl (C=O) groups excluding carboxylic acids is 2. The zero-order valence-corrected chi connectivity index (χ0v) is 28.6. The number of hydrogen-bond donors (Lipinski definition) is 1. The van der Waals surface area contributed by atoms with Gasteiger partial charge in [-0.3, -0.25) is 19.6 Å². The van der Waals surface area contributed by atoms with Crippen LogP contribution in [-0.4, -0.2) is 86.9 Å². The molecule has 13 nitrogen and oxygen atoms in total. The maximum absolute atomic E-state index is 13.8. The smallest absolute Gasteiger partial charge is 0.260 e. The summed E-state index contributed by atoms with van der Waals surface area (Å²) < 4.78 is 34.4. The summed E-state index contributed by atoms with van der Waals surface area (Å²) in [6.07, 6.45) is 8.90. The third-order valence-electron chi connectivity index (χ3n) is 9.33. The molecule has 0 saturated heterocycles. The van der Waals surface area contributed by atoms with E-state index < -0.39 is 0 Å². The number of nitrogens with two attached hydrogens (primary N) is 1. The Morgan fingerprint density at radius 3 is 2.04 bits per heavy atom. The second kappa shape index (κ2) is 13.8. The van der Waals surface area contributed by atoms with Crippen molar-refractivity contribution in [3.05, 3.63) is 77.1 Å². The molecule has 0 bridgehead atoms. The summed E-state index contributed by atoms with van der Waals surface area (Å²) in [5.41, 5.74) is 10.2. The highest BCUT2D eigenvalue weighted by molar-refractivity contribution is 6.06. The van der Waals surface area contributed by atoms with Crippen LogP contribution < -0.4 is 34.2 Å². The Morgan fingerprint density at radius 1 is 0.788 bits per heavy atom. The molecule has 2 amide bonds.